The minimum atomic E-state index is -4.11. The Morgan fingerprint density at radius 3 is 2.60 bits per heavy atom. The van der Waals surface area contributed by atoms with Gasteiger partial charge in [-0.2, -0.15) is 8.42 Å². The third-order valence-corrected chi connectivity index (χ3v) is 10.5. The molecule has 0 bridgehead atoms. The smallest absolute Gasteiger partial charge is 0.297 e. The summed E-state index contributed by atoms with van der Waals surface area (Å²) in [7, 11) is -4.11. The number of aryl methyl sites for hydroxylation is 1. The van der Waals surface area contributed by atoms with Crippen LogP contribution in [0.15, 0.2) is 64.6 Å². The second-order valence-electron chi connectivity index (χ2n) is 11.0. The van der Waals surface area contributed by atoms with E-state index < -0.39 is 33.5 Å². The zero-order valence-corrected chi connectivity index (χ0v) is 21.2. The Bertz CT molecular complexity index is 1290. The van der Waals surface area contributed by atoms with Crippen LogP contribution in [-0.4, -0.2) is 37.3 Å². The van der Waals surface area contributed by atoms with Gasteiger partial charge in [0, 0.05) is 10.8 Å². The Morgan fingerprint density at radius 2 is 1.89 bits per heavy atom. The number of ketones is 2. The van der Waals surface area contributed by atoms with Gasteiger partial charge >= 0.3 is 0 Å². The van der Waals surface area contributed by atoms with E-state index >= 15 is 0 Å². The van der Waals surface area contributed by atoms with Crippen LogP contribution in [0.1, 0.15) is 51.5 Å². The molecule has 0 aromatic heterocycles. The van der Waals surface area contributed by atoms with Gasteiger partial charge in [-0.3, -0.25) is 13.8 Å². The molecule has 35 heavy (non-hydrogen) atoms. The molecule has 5 rings (SSSR count). The number of hydrogen-bond acceptors (Lipinski definition) is 6. The summed E-state index contributed by atoms with van der Waals surface area (Å²) in [5.74, 6) is -0.262. The number of hydrogen-bond donors (Lipinski definition) is 1. The maximum absolute atomic E-state index is 13.3. The van der Waals surface area contributed by atoms with E-state index in [0.29, 0.717) is 12.8 Å². The van der Waals surface area contributed by atoms with Crippen LogP contribution in [0.2, 0.25) is 0 Å². The highest BCUT2D eigenvalue weighted by Crippen LogP contribution is 2.65. The number of rotatable bonds is 5. The Morgan fingerprint density at radius 1 is 1.17 bits per heavy atom. The first-order valence-electron chi connectivity index (χ1n) is 12.3. The quantitative estimate of drug-likeness (QED) is 0.484. The third kappa shape index (κ3) is 3.62. The minimum Gasteiger partial charge on any atom is -0.381 e. The molecule has 7 heteroatoms. The van der Waals surface area contributed by atoms with Crippen molar-refractivity contribution in [2.45, 2.75) is 63.4 Å². The van der Waals surface area contributed by atoms with Crippen LogP contribution >= 0.6 is 0 Å². The number of aliphatic hydroxyl groups is 1. The summed E-state index contributed by atoms with van der Waals surface area (Å²) in [6, 6.07) is 6.24. The van der Waals surface area contributed by atoms with Crippen molar-refractivity contribution in [3.63, 3.8) is 0 Å². The van der Waals surface area contributed by atoms with E-state index in [2.05, 4.69) is 13.0 Å². The molecular weight excluding hydrogens is 464 g/mol. The summed E-state index contributed by atoms with van der Waals surface area (Å²) in [5, 5.41) is 11.7. The lowest BCUT2D eigenvalue weighted by Gasteiger charge is -2.53. The van der Waals surface area contributed by atoms with Crippen molar-refractivity contribution in [3.05, 3.63) is 65.3 Å². The van der Waals surface area contributed by atoms with Crippen LogP contribution < -0.4 is 0 Å². The number of Topliss-reactive ketones (excluding diaryl/α,β-unsaturated/α-hetero) is 1. The van der Waals surface area contributed by atoms with Crippen molar-refractivity contribution in [2.75, 3.05) is 6.61 Å². The molecule has 0 unspecified atom stereocenters. The van der Waals surface area contributed by atoms with Gasteiger partial charge in [0.2, 0.25) is 0 Å². The lowest BCUT2D eigenvalue weighted by molar-refractivity contribution is -0.154. The second kappa shape index (κ2) is 8.08. The normalized spacial score (nSPS) is 36.1. The Balaban J connectivity index is 1.38. The molecule has 0 radical (unpaired) electrons. The molecular formula is C28H32O6S. The number of carbonyl (C=O) groups excluding carboxylic acids is 2. The lowest BCUT2D eigenvalue weighted by Crippen LogP contribution is -2.55. The minimum absolute atomic E-state index is 0.0121. The molecule has 0 heterocycles. The average molecular weight is 497 g/mol. The first-order valence-corrected chi connectivity index (χ1v) is 13.7. The number of carbonyl (C=O) groups is 2. The summed E-state index contributed by atoms with van der Waals surface area (Å²) >= 11 is 0. The number of fused-ring (bicyclic) bond motifs is 5. The highest BCUT2D eigenvalue weighted by atomic mass is 32.2. The first-order chi connectivity index (χ1) is 16.4. The molecule has 0 spiro atoms. The van der Waals surface area contributed by atoms with E-state index in [0.717, 1.165) is 24.0 Å². The van der Waals surface area contributed by atoms with Crippen molar-refractivity contribution >= 4 is 21.7 Å². The molecule has 4 aliphatic carbocycles. The molecule has 1 aromatic rings. The molecule has 4 aliphatic rings. The molecule has 1 aromatic carbocycles. The maximum atomic E-state index is 13.3. The van der Waals surface area contributed by atoms with Gasteiger partial charge < -0.3 is 5.11 Å². The summed E-state index contributed by atoms with van der Waals surface area (Å²) < 4.78 is 30.3. The molecule has 186 valence electrons. The highest BCUT2D eigenvalue weighted by molar-refractivity contribution is 7.86. The molecule has 2 fully saturated rings. The number of allylic oxidation sites excluding steroid dienone is 6. The summed E-state index contributed by atoms with van der Waals surface area (Å²) in [4.78, 5) is 25.3. The van der Waals surface area contributed by atoms with Gasteiger partial charge in [-0.15, -0.1) is 0 Å². The third-order valence-electron chi connectivity index (χ3n) is 9.22. The predicted molar refractivity (Wildman–Crippen MR) is 131 cm³/mol. The monoisotopic (exact) mass is 496 g/mol. The van der Waals surface area contributed by atoms with Crippen LogP contribution in [0.5, 0.6) is 0 Å². The number of benzene rings is 1. The van der Waals surface area contributed by atoms with E-state index in [1.807, 2.05) is 19.9 Å². The van der Waals surface area contributed by atoms with Crippen molar-refractivity contribution in [1.82, 2.24) is 0 Å². The van der Waals surface area contributed by atoms with Gasteiger partial charge in [0.1, 0.15) is 12.2 Å². The van der Waals surface area contributed by atoms with E-state index in [1.54, 1.807) is 24.3 Å². The molecule has 1 N–H and O–H groups in total. The van der Waals surface area contributed by atoms with Gasteiger partial charge in [0.25, 0.3) is 10.1 Å². The van der Waals surface area contributed by atoms with E-state index in [1.165, 1.54) is 17.7 Å². The summed E-state index contributed by atoms with van der Waals surface area (Å²) in [6.07, 6.45) is 10.7. The van der Waals surface area contributed by atoms with E-state index in [9.17, 15) is 23.1 Å². The van der Waals surface area contributed by atoms with Crippen LogP contribution in [-0.2, 0) is 23.9 Å². The predicted octanol–water partition coefficient (Wildman–Crippen LogP) is 4.23. The van der Waals surface area contributed by atoms with Gasteiger partial charge in [0.05, 0.1) is 4.90 Å². The van der Waals surface area contributed by atoms with Crippen molar-refractivity contribution in [3.8, 4) is 0 Å². The van der Waals surface area contributed by atoms with Gasteiger partial charge in [-0.25, -0.2) is 0 Å². The van der Waals surface area contributed by atoms with Gasteiger partial charge in [-0.1, -0.05) is 47.9 Å². The Kier molecular flexibility index (Phi) is 5.62. The van der Waals surface area contributed by atoms with E-state index in [4.69, 9.17) is 4.18 Å². The molecule has 2 saturated carbocycles. The largest absolute Gasteiger partial charge is 0.381 e. The first kappa shape index (κ1) is 24.3. The van der Waals surface area contributed by atoms with Crippen LogP contribution in [0, 0.1) is 29.6 Å². The maximum Gasteiger partial charge on any atom is 0.297 e. The summed E-state index contributed by atoms with van der Waals surface area (Å²) in [5.41, 5.74) is 0.664. The second-order valence-corrected chi connectivity index (χ2v) is 12.6. The SMILES string of the molecule is Cc1ccc(S(=O)(=O)OCC(=O)[C@@]2(O)CC[C@H]3[C@@H]4CCC5=CC(=O)C=C[C@]5(C)C4=CC[C@@]32C)cc1. The van der Waals surface area contributed by atoms with Gasteiger partial charge in [-0.05, 0) is 82.1 Å². The van der Waals surface area contributed by atoms with Crippen molar-refractivity contribution < 1.29 is 27.3 Å². The van der Waals surface area contributed by atoms with Crippen molar-refractivity contribution in [2.24, 2.45) is 22.7 Å². The van der Waals surface area contributed by atoms with E-state index in [-0.39, 0.29) is 34.4 Å². The molecule has 6 nitrogen and oxygen atoms in total. The fraction of sp³-hybridized carbons (Fsp3) is 0.500. The molecule has 0 saturated heterocycles. The van der Waals surface area contributed by atoms with Crippen LogP contribution in [0.3, 0.4) is 0 Å². The average Bonchev–Trinajstić information content (AvgIpc) is 3.10. The fourth-order valence-electron chi connectivity index (χ4n) is 7.02. The Hall–Kier alpha value is -2.35. The summed E-state index contributed by atoms with van der Waals surface area (Å²) in [6.45, 7) is 5.27. The fourth-order valence-corrected chi connectivity index (χ4v) is 7.88. The highest BCUT2D eigenvalue weighted by Gasteiger charge is 2.64. The standard InChI is InChI=1S/C28H32O6S/c1-18-4-7-21(8-5-18)35(32,33)34-17-25(30)28(31)15-12-24-22-9-6-19-16-20(29)10-13-26(19,2)23(22)11-14-27(24,28)3/h4-5,7-8,10-11,13,16,22,24,31H,6,9,12,14-15,17H2,1-3H3/t22-,24+,26+,27+,28+/m1/s1. The zero-order valence-electron chi connectivity index (χ0n) is 20.4. The molecule has 0 aliphatic heterocycles. The topological polar surface area (TPSA) is 97.7 Å². The van der Waals surface area contributed by atoms with Gasteiger partial charge in [0.15, 0.2) is 11.6 Å². The van der Waals surface area contributed by atoms with Crippen LogP contribution in [0.4, 0.5) is 0 Å². The lowest BCUT2D eigenvalue weighted by atomic mass is 9.51. The Labute approximate surface area is 206 Å². The zero-order chi connectivity index (χ0) is 25.2. The molecule has 0 amide bonds. The molecule has 5 atom stereocenters. The van der Waals surface area contributed by atoms with Crippen molar-refractivity contribution in [1.29, 1.82) is 0 Å². The van der Waals surface area contributed by atoms with Crippen LogP contribution in [0.25, 0.3) is 0 Å².